The summed E-state index contributed by atoms with van der Waals surface area (Å²) < 4.78 is 0. The number of nitrogens with one attached hydrogen (secondary N) is 1. The highest BCUT2D eigenvalue weighted by Crippen LogP contribution is 2.23. The Morgan fingerprint density at radius 3 is 2.90 bits per heavy atom. The van der Waals surface area contributed by atoms with E-state index in [0.29, 0.717) is 0 Å². The van der Waals surface area contributed by atoms with Gasteiger partial charge in [-0.1, -0.05) is 18.2 Å². The molecule has 0 aromatic carbocycles. The number of fused-ring (bicyclic) bond motifs is 1. The third-order valence-electron chi connectivity index (χ3n) is 1.70. The highest BCUT2D eigenvalue weighted by atomic mass is 14.7. The summed E-state index contributed by atoms with van der Waals surface area (Å²) in [5.41, 5.74) is 3.45. The van der Waals surface area contributed by atoms with Crippen molar-refractivity contribution in [3.05, 3.63) is 43.1 Å². The minimum atomic E-state index is 0.988. The summed E-state index contributed by atoms with van der Waals surface area (Å²) in [5, 5.41) is 0. The Labute approximate surface area is 60.0 Å². The maximum Gasteiger partial charge on any atom is 0.0230 e. The van der Waals surface area contributed by atoms with Gasteiger partial charge in [0.1, 0.15) is 0 Å². The minimum Gasteiger partial charge on any atom is -0.364 e. The molecule has 49 valence electrons. The van der Waals surface area contributed by atoms with Crippen molar-refractivity contribution < 1.29 is 0 Å². The molecule has 0 aromatic heterocycles. The highest BCUT2D eigenvalue weighted by molar-refractivity contribution is 5.68. The zero-order valence-corrected chi connectivity index (χ0v) is 5.59. The van der Waals surface area contributed by atoms with Crippen LogP contribution in [0.3, 0.4) is 0 Å². The van der Waals surface area contributed by atoms with E-state index in [-0.39, 0.29) is 0 Å². The first kappa shape index (κ1) is 5.54. The van der Waals surface area contributed by atoms with Gasteiger partial charge in [0.05, 0.1) is 0 Å². The van der Waals surface area contributed by atoms with E-state index in [4.69, 9.17) is 0 Å². The van der Waals surface area contributed by atoms with E-state index in [9.17, 15) is 0 Å². The fraction of sp³-hybridized carbons (Fsp3) is 0. The van der Waals surface area contributed by atoms with E-state index in [1.54, 1.807) is 0 Å². The standard InChI is InChI=1S/C9H8N/c1-7-9-4-2-3-8(9)5-6-10-7/h2-6,10H,1H2. The van der Waals surface area contributed by atoms with Crippen molar-refractivity contribution in [2.24, 2.45) is 0 Å². The molecule has 0 saturated carbocycles. The van der Waals surface area contributed by atoms with Gasteiger partial charge >= 0.3 is 0 Å². The largest absolute Gasteiger partial charge is 0.364 e. The molecule has 0 aromatic rings. The summed E-state index contributed by atoms with van der Waals surface area (Å²) in [6.45, 7) is 3.87. The summed E-state index contributed by atoms with van der Waals surface area (Å²) in [6, 6.07) is 8.23. The maximum atomic E-state index is 3.87. The summed E-state index contributed by atoms with van der Waals surface area (Å²) in [7, 11) is 0. The van der Waals surface area contributed by atoms with Crippen LogP contribution < -0.4 is 0 Å². The smallest absolute Gasteiger partial charge is 0.0230 e. The third kappa shape index (κ3) is 0.637. The SMILES string of the molecule is [CH2]c1[nH]ccc2cccc1-2. The van der Waals surface area contributed by atoms with E-state index in [0.717, 1.165) is 5.69 Å². The Bertz CT molecular complexity index is 309. The molecule has 10 heavy (non-hydrogen) atoms. The van der Waals surface area contributed by atoms with E-state index in [1.165, 1.54) is 11.1 Å². The van der Waals surface area contributed by atoms with E-state index in [2.05, 4.69) is 24.0 Å². The molecule has 0 atom stereocenters. The van der Waals surface area contributed by atoms with Crippen molar-refractivity contribution in [1.82, 2.24) is 4.98 Å². The number of H-pyrrole nitrogens is 1. The van der Waals surface area contributed by atoms with Gasteiger partial charge in [-0.2, -0.15) is 0 Å². The molecular weight excluding hydrogens is 122 g/mol. The van der Waals surface area contributed by atoms with Crippen LogP contribution in [0, 0.1) is 6.92 Å². The number of rotatable bonds is 0. The molecule has 2 rings (SSSR count). The molecule has 0 fully saturated rings. The minimum absolute atomic E-state index is 0.988. The van der Waals surface area contributed by atoms with Crippen LogP contribution in [-0.4, -0.2) is 4.98 Å². The lowest BCUT2D eigenvalue weighted by Crippen LogP contribution is -1.83. The number of aromatic amines is 1. The van der Waals surface area contributed by atoms with Crippen LogP contribution in [0.1, 0.15) is 5.69 Å². The molecule has 0 bridgehead atoms. The fourth-order valence-electron chi connectivity index (χ4n) is 1.16. The first-order chi connectivity index (χ1) is 4.88. The number of pyridine rings is 1. The van der Waals surface area contributed by atoms with Gasteiger partial charge in [0, 0.05) is 17.5 Å². The van der Waals surface area contributed by atoms with Crippen molar-refractivity contribution in [2.45, 2.75) is 0 Å². The van der Waals surface area contributed by atoms with Gasteiger partial charge in [-0.25, -0.2) is 0 Å². The molecule has 1 N–H and O–H groups in total. The van der Waals surface area contributed by atoms with Gasteiger partial charge in [-0.15, -0.1) is 0 Å². The number of hydrogen-bond donors (Lipinski definition) is 1. The second kappa shape index (κ2) is 1.87. The second-order valence-electron chi connectivity index (χ2n) is 2.35. The van der Waals surface area contributed by atoms with Crippen LogP contribution in [0.4, 0.5) is 0 Å². The van der Waals surface area contributed by atoms with Crippen molar-refractivity contribution in [3.63, 3.8) is 0 Å². The monoisotopic (exact) mass is 130 g/mol. The van der Waals surface area contributed by atoms with Crippen molar-refractivity contribution in [2.75, 3.05) is 0 Å². The van der Waals surface area contributed by atoms with Gasteiger partial charge in [0.15, 0.2) is 0 Å². The molecule has 0 unspecified atom stereocenters. The van der Waals surface area contributed by atoms with E-state index >= 15 is 0 Å². The van der Waals surface area contributed by atoms with Crippen LogP contribution in [0.15, 0.2) is 30.5 Å². The molecule has 1 aliphatic carbocycles. The summed E-state index contributed by atoms with van der Waals surface area (Å²) in [5.74, 6) is 0. The maximum absolute atomic E-state index is 3.87. The second-order valence-corrected chi connectivity index (χ2v) is 2.35. The van der Waals surface area contributed by atoms with Crippen molar-refractivity contribution in [1.29, 1.82) is 0 Å². The molecule has 0 amide bonds. The topological polar surface area (TPSA) is 15.8 Å². The molecule has 1 aliphatic heterocycles. The molecule has 2 aliphatic rings. The average molecular weight is 130 g/mol. The summed E-state index contributed by atoms with van der Waals surface area (Å²) in [4.78, 5) is 3.05. The quantitative estimate of drug-likeness (QED) is 0.563. The Morgan fingerprint density at radius 1 is 1.20 bits per heavy atom. The predicted octanol–water partition coefficient (Wildman–Crippen LogP) is 2.30. The Morgan fingerprint density at radius 2 is 2.10 bits per heavy atom. The molecule has 1 radical (unpaired) electrons. The molecule has 1 heteroatoms. The van der Waals surface area contributed by atoms with E-state index in [1.807, 2.05) is 18.3 Å². The summed E-state index contributed by atoms with van der Waals surface area (Å²) in [6.07, 6.45) is 1.91. The lowest BCUT2D eigenvalue weighted by molar-refractivity contribution is 1.27. The zero-order chi connectivity index (χ0) is 6.97. The number of aromatic nitrogens is 1. The molecule has 1 heterocycles. The Kier molecular flexibility index (Phi) is 1.04. The molecule has 0 spiro atoms. The van der Waals surface area contributed by atoms with Crippen LogP contribution in [0.2, 0.25) is 0 Å². The van der Waals surface area contributed by atoms with Gasteiger partial charge in [0.25, 0.3) is 0 Å². The Hall–Kier alpha value is -1.24. The molecular formula is C9H8N. The zero-order valence-electron chi connectivity index (χ0n) is 5.59. The number of hydrogen-bond acceptors (Lipinski definition) is 0. The fourth-order valence-corrected chi connectivity index (χ4v) is 1.16. The summed E-state index contributed by atoms with van der Waals surface area (Å²) >= 11 is 0. The van der Waals surface area contributed by atoms with Crippen molar-refractivity contribution in [3.8, 4) is 11.1 Å². The van der Waals surface area contributed by atoms with Gasteiger partial charge < -0.3 is 4.98 Å². The van der Waals surface area contributed by atoms with Crippen molar-refractivity contribution >= 4 is 0 Å². The van der Waals surface area contributed by atoms with E-state index < -0.39 is 0 Å². The lowest BCUT2D eigenvalue weighted by Gasteiger charge is -2.00. The van der Waals surface area contributed by atoms with Gasteiger partial charge in [-0.3, -0.25) is 0 Å². The lowest BCUT2D eigenvalue weighted by atomic mass is 10.1. The normalized spacial score (nSPS) is 10.5. The average Bonchev–Trinajstić information content (AvgIpc) is 2.36. The first-order valence-electron chi connectivity index (χ1n) is 3.26. The first-order valence-corrected chi connectivity index (χ1v) is 3.26. The van der Waals surface area contributed by atoms with Gasteiger partial charge in [0.2, 0.25) is 0 Å². The van der Waals surface area contributed by atoms with Crippen LogP contribution >= 0.6 is 0 Å². The van der Waals surface area contributed by atoms with Crippen LogP contribution in [0.5, 0.6) is 0 Å². The van der Waals surface area contributed by atoms with Crippen LogP contribution in [0.25, 0.3) is 11.1 Å². The molecule has 1 nitrogen and oxygen atoms in total. The predicted molar refractivity (Wildman–Crippen MR) is 41.9 cm³/mol. The van der Waals surface area contributed by atoms with Gasteiger partial charge in [-0.05, 0) is 18.6 Å². The highest BCUT2D eigenvalue weighted by Gasteiger charge is 2.01. The molecule has 0 saturated heterocycles. The third-order valence-corrected chi connectivity index (χ3v) is 1.70. The Balaban J connectivity index is 2.80. The van der Waals surface area contributed by atoms with Crippen LogP contribution in [-0.2, 0) is 0 Å².